The molecule has 1 amide bonds. The second-order valence-corrected chi connectivity index (χ2v) is 5.99. The number of carbonyl (C=O) groups excluding carboxylic acids is 1. The Hall–Kier alpha value is -0.260. The van der Waals surface area contributed by atoms with Crippen LogP contribution in [0.15, 0.2) is 0 Å². The zero-order chi connectivity index (χ0) is 13.3. The van der Waals surface area contributed by atoms with E-state index in [0.717, 1.165) is 30.6 Å². The molecule has 0 aromatic carbocycles. The predicted octanol–water partition coefficient (Wildman–Crippen LogP) is 3.21. The van der Waals surface area contributed by atoms with Gasteiger partial charge in [-0.15, -0.1) is 0 Å². The van der Waals surface area contributed by atoms with Crippen molar-refractivity contribution in [1.29, 1.82) is 0 Å². The van der Waals surface area contributed by atoms with E-state index in [2.05, 4.69) is 15.9 Å². The molecular formula is C12H17BrF3NO. The summed E-state index contributed by atoms with van der Waals surface area (Å²) in [7, 11) is 0. The van der Waals surface area contributed by atoms with Gasteiger partial charge in [0.15, 0.2) is 0 Å². The summed E-state index contributed by atoms with van der Waals surface area (Å²) < 4.78 is 37.3. The quantitative estimate of drug-likeness (QED) is 0.726. The van der Waals surface area contributed by atoms with Crippen LogP contribution in [-0.2, 0) is 4.79 Å². The fourth-order valence-electron chi connectivity index (χ4n) is 3.16. The van der Waals surface area contributed by atoms with Gasteiger partial charge in [-0.05, 0) is 24.7 Å². The minimum atomic E-state index is -4.31. The standard InChI is InChI=1S/C12H17BrF3NO/c13-5-6-17(7-12(14,15)16)11(18)10-8-3-1-2-4-9(8)10/h8-10H,1-7H2. The maximum atomic E-state index is 12.4. The van der Waals surface area contributed by atoms with E-state index >= 15 is 0 Å². The van der Waals surface area contributed by atoms with E-state index in [1.54, 1.807) is 0 Å². The Balaban J connectivity index is 1.96. The molecule has 0 bridgehead atoms. The molecule has 2 nitrogen and oxygen atoms in total. The molecular weight excluding hydrogens is 311 g/mol. The first-order valence-electron chi connectivity index (χ1n) is 6.35. The van der Waals surface area contributed by atoms with Crippen LogP contribution >= 0.6 is 15.9 Å². The highest BCUT2D eigenvalue weighted by atomic mass is 79.9. The lowest BCUT2D eigenvalue weighted by Gasteiger charge is -2.23. The van der Waals surface area contributed by atoms with Crippen molar-refractivity contribution in [3.8, 4) is 0 Å². The number of hydrogen-bond donors (Lipinski definition) is 0. The van der Waals surface area contributed by atoms with E-state index < -0.39 is 12.7 Å². The maximum absolute atomic E-state index is 12.4. The van der Waals surface area contributed by atoms with Crippen molar-refractivity contribution >= 4 is 21.8 Å². The summed E-state index contributed by atoms with van der Waals surface area (Å²) in [5, 5.41) is 0.386. The normalized spacial score (nSPS) is 30.8. The molecule has 104 valence electrons. The van der Waals surface area contributed by atoms with Crippen molar-refractivity contribution in [3.63, 3.8) is 0 Å². The molecule has 0 aromatic rings. The molecule has 0 heterocycles. The third-order valence-corrected chi connectivity index (χ3v) is 4.33. The van der Waals surface area contributed by atoms with E-state index in [-0.39, 0.29) is 18.4 Å². The fourth-order valence-corrected chi connectivity index (χ4v) is 3.58. The summed E-state index contributed by atoms with van der Waals surface area (Å²) in [5.74, 6) is 0.298. The summed E-state index contributed by atoms with van der Waals surface area (Å²) >= 11 is 3.11. The predicted molar refractivity (Wildman–Crippen MR) is 65.4 cm³/mol. The summed E-state index contributed by atoms with van der Waals surface area (Å²) in [6, 6.07) is 0. The first-order chi connectivity index (χ1) is 8.44. The van der Waals surface area contributed by atoms with Gasteiger partial charge in [-0.25, -0.2) is 0 Å². The van der Waals surface area contributed by atoms with Crippen molar-refractivity contribution in [2.45, 2.75) is 31.9 Å². The van der Waals surface area contributed by atoms with E-state index in [1.807, 2.05) is 0 Å². The van der Waals surface area contributed by atoms with Crippen molar-refractivity contribution in [1.82, 2.24) is 4.90 Å². The molecule has 0 saturated heterocycles. The van der Waals surface area contributed by atoms with Crippen molar-refractivity contribution < 1.29 is 18.0 Å². The summed E-state index contributed by atoms with van der Waals surface area (Å²) in [4.78, 5) is 13.1. The summed E-state index contributed by atoms with van der Waals surface area (Å²) in [6.07, 6.45) is -0.0618. The number of carbonyl (C=O) groups is 1. The second-order valence-electron chi connectivity index (χ2n) is 5.20. The first-order valence-corrected chi connectivity index (χ1v) is 7.47. The van der Waals surface area contributed by atoms with Gasteiger partial charge in [-0.1, -0.05) is 28.8 Å². The number of amides is 1. The summed E-state index contributed by atoms with van der Waals surface area (Å²) in [6.45, 7) is -0.984. The van der Waals surface area contributed by atoms with Crippen LogP contribution in [0.4, 0.5) is 13.2 Å². The largest absolute Gasteiger partial charge is 0.406 e. The number of alkyl halides is 4. The molecule has 0 aromatic heterocycles. The first kappa shape index (κ1) is 14.2. The number of hydrogen-bond acceptors (Lipinski definition) is 1. The van der Waals surface area contributed by atoms with Gasteiger partial charge in [0, 0.05) is 17.8 Å². The van der Waals surface area contributed by atoms with E-state index in [4.69, 9.17) is 0 Å². The third kappa shape index (κ3) is 3.19. The van der Waals surface area contributed by atoms with Gasteiger partial charge in [-0.3, -0.25) is 4.79 Å². The third-order valence-electron chi connectivity index (χ3n) is 3.98. The van der Waals surface area contributed by atoms with Crippen LogP contribution in [-0.4, -0.2) is 35.4 Å². The van der Waals surface area contributed by atoms with Gasteiger partial charge < -0.3 is 4.90 Å². The van der Waals surface area contributed by atoms with Crippen molar-refractivity contribution in [3.05, 3.63) is 0 Å². The Bertz CT molecular complexity index is 309. The van der Waals surface area contributed by atoms with E-state index in [0.29, 0.717) is 17.2 Å². The number of halogens is 4. The van der Waals surface area contributed by atoms with E-state index in [9.17, 15) is 18.0 Å². The van der Waals surface area contributed by atoms with Gasteiger partial charge in [0.25, 0.3) is 0 Å². The van der Waals surface area contributed by atoms with Crippen LogP contribution in [0.1, 0.15) is 25.7 Å². The molecule has 0 aliphatic heterocycles. The lowest BCUT2D eigenvalue weighted by Crippen LogP contribution is -2.41. The van der Waals surface area contributed by atoms with Crippen LogP contribution in [0, 0.1) is 17.8 Å². The van der Waals surface area contributed by atoms with Gasteiger partial charge >= 0.3 is 6.18 Å². The monoisotopic (exact) mass is 327 g/mol. The molecule has 2 fully saturated rings. The smallest absolute Gasteiger partial charge is 0.332 e. The highest BCUT2D eigenvalue weighted by Crippen LogP contribution is 2.56. The Morgan fingerprint density at radius 2 is 1.78 bits per heavy atom. The van der Waals surface area contributed by atoms with Gasteiger partial charge in [0.05, 0.1) is 0 Å². The SMILES string of the molecule is O=C(C1C2CCCCC21)N(CCBr)CC(F)(F)F. The van der Waals surface area contributed by atoms with Gasteiger partial charge in [-0.2, -0.15) is 13.2 Å². The highest BCUT2D eigenvalue weighted by Gasteiger charge is 2.56. The van der Waals surface area contributed by atoms with Crippen LogP contribution in [0.5, 0.6) is 0 Å². The van der Waals surface area contributed by atoms with Crippen molar-refractivity contribution in [2.75, 3.05) is 18.4 Å². The minimum absolute atomic E-state index is 0.131. The van der Waals surface area contributed by atoms with E-state index in [1.165, 1.54) is 0 Å². The molecule has 6 heteroatoms. The second kappa shape index (κ2) is 5.39. The van der Waals surface area contributed by atoms with Gasteiger partial charge in [0.2, 0.25) is 5.91 Å². The number of rotatable bonds is 4. The van der Waals surface area contributed by atoms with Gasteiger partial charge in [0.1, 0.15) is 6.54 Å². The zero-order valence-electron chi connectivity index (χ0n) is 10.0. The molecule has 2 unspecified atom stereocenters. The summed E-state index contributed by atoms with van der Waals surface area (Å²) in [5.41, 5.74) is 0. The molecule has 0 N–H and O–H groups in total. The molecule has 0 spiro atoms. The maximum Gasteiger partial charge on any atom is 0.406 e. The Morgan fingerprint density at radius 3 is 2.22 bits per heavy atom. The number of fused-ring (bicyclic) bond motifs is 1. The van der Waals surface area contributed by atoms with Crippen LogP contribution in [0.25, 0.3) is 0 Å². The average Bonchev–Trinajstić information content (AvgIpc) is 3.00. The molecule has 2 aliphatic carbocycles. The van der Waals surface area contributed by atoms with Crippen molar-refractivity contribution in [2.24, 2.45) is 17.8 Å². The topological polar surface area (TPSA) is 20.3 Å². The Morgan fingerprint density at radius 1 is 1.22 bits per heavy atom. The zero-order valence-corrected chi connectivity index (χ0v) is 11.6. The molecule has 18 heavy (non-hydrogen) atoms. The Kier molecular flexibility index (Phi) is 4.24. The molecule has 2 atom stereocenters. The van der Waals surface area contributed by atoms with Crippen LogP contribution in [0.3, 0.4) is 0 Å². The average molecular weight is 328 g/mol. The Labute approximate surface area is 113 Å². The molecule has 0 radical (unpaired) electrons. The van der Waals surface area contributed by atoms with Crippen LogP contribution in [0.2, 0.25) is 0 Å². The number of nitrogens with zero attached hydrogens (tertiary/aromatic N) is 1. The fraction of sp³-hybridized carbons (Fsp3) is 0.917. The lowest BCUT2D eigenvalue weighted by atomic mass is 10.0. The highest BCUT2D eigenvalue weighted by molar-refractivity contribution is 9.09. The lowest BCUT2D eigenvalue weighted by molar-refractivity contribution is -0.161. The minimum Gasteiger partial charge on any atom is -0.332 e. The molecule has 2 saturated carbocycles. The molecule has 2 aliphatic rings. The molecule has 2 rings (SSSR count). The van der Waals surface area contributed by atoms with Crippen LogP contribution < -0.4 is 0 Å².